The van der Waals surface area contributed by atoms with Gasteiger partial charge in [0.25, 0.3) is 0 Å². The molecule has 11 heteroatoms. The van der Waals surface area contributed by atoms with Crippen molar-refractivity contribution in [3.05, 3.63) is 36.0 Å². The lowest BCUT2D eigenvalue weighted by atomic mass is 10.0. The van der Waals surface area contributed by atoms with Crippen LogP contribution in [0.15, 0.2) is 30.5 Å². The van der Waals surface area contributed by atoms with E-state index in [9.17, 15) is 24.3 Å². The maximum absolute atomic E-state index is 13.3. The van der Waals surface area contributed by atoms with Crippen LogP contribution in [-0.2, 0) is 25.6 Å². The summed E-state index contributed by atoms with van der Waals surface area (Å²) < 4.78 is 0. The van der Waals surface area contributed by atoms with E-state index >= 15 is 0 Å². The second kappa shape index (κ2) is 11.3. The van der Waals surface area contributed by atoms with Crippen LogP contribution in [0, 0.1) is 5.92 Å². The molecule has 2 aromatic rings. The fourth-order valence-corrected chi connectivity index (χ4v) is 4.33. The molecule has 1 aromatic carbocycles. The number of carboxylic acids is 1. The summed E-state index contributed by atoms with van der Waals surface area (Å²) in [6.07, 6.45) is 2.76. The molecule has 0 bridgehead atoms. The molecule has 0 saturated carbocycles. The van der Waals surface area contributed by atoms with Gasteiger partial charge in [0.05, 0.1) is 6.61 Å². The normalized spacial score (nSPS) is 18.3. The molecule has 1 fully saturated rings. The van der Waals surface area contributed by atoms with E-state index in [0.717, 1.165) is 16.5 Å². The number of aliphatic carboxylic acids is 1. The first kappa shape index (κ1) is 26.2. The van der Waals surface area contributed by atoms with Gasteiger partial charge in [0.15, 0.2) is 0 Å². The van der Waals surface area contributed by atoms with Crippen molar-refractivity contribution in [1.29, 1.82) is 0 Å². The van der Waals surface area contributed by atoms with Crippen molar-refractivity contribution in [2.75, 3.05) is 13.2 Å². The number of rotatable bonds is 10. The minimum atomic E-state index is -1.18. The molecule has 1 aliphatic rings. The second-order valence-electron chi connectivity index (χ2n) is 9.17. The SMILES string of the molecule is CC(C)C(NC(=O)C(N)CO)C(=O)N1CCCC1C(=O)NC(Cc1c[nH]c2ccccc12)C(=O)O. The summed E-state index contributed by atoms with van der Waals surface area (Å²) in [6, 6.07) is 3.36. The number of nitrogens with one attached hydrogen (secondary N) is 3. The van der Waals surface area contributed by atoms with Gasteiger partial charge in [0, 0.05) is 30.1 Å². The van der Waals surface area contributed by atoms with Gasteiger partial charge >= 0.3 is 5.97 Å². The highest BCUT2D eigenvalue weighted by Crippen LogP contribution is 2.22. The van der Waals surface area contributed by atoms with Crippen LogP contribution in [-0.4, -0.2) is 81.1 Å². The molecule has 3 rings (SSSR count). The Hall–Kier alpha value is -3.44. The Morgan fingerprint density at radius 1 is 1.20 bits per heavy atom. The summed E-state index contributed by atoms with van der Waals surface area (Å²) in [5, 5.41) is 24.9. The molecule has 35 heavy (non-hydrogen) atoms. The lowest BCUT2D eigenvalue weighted by Crippen LogP contribution is -2.58. The number of hydrogen-bond acceptors (Lipinski definition) is 6. The van der Waals surface area contributed by atoms with Crippen molar-refractivity contribution in [3.63, 3.8) is 0 Å². The van der Waals surface area contributed by atoms with Gasteiger partial charge in [0.1, 0.15) is 24.2 Å². The van der Waals surface area contributed by atoms with Crippen molar-refractivity contribution >= 4 is 34.6 Å². The van der Waals surface area contributed by atoms with Gasteiger partial charge in [-0.1, -0.05) is 32.0 Å². The zero-order chi connectivity index (χ0) is 25.7. The Kier molecular flexibility index (Phi) is 8.47. The standard InChI is InChI=1S/C24H33N5O6/c1-13(2)20(28-21(31)16(25)12-30)23(33)29-9-5-8-19(29)22(32)27-18(24(34)35)10-14-11-26-17-7-4-3-6-15(14)17/h3-4,6-7,11,13,16,18-20,26,30H,5,8-10,12,25H2,1-2H3,(H,27,32)(H,28,31)(H,34,35). The number of nitrogens with zero attached hydrogens (tertiary/aromatic N) is 1. The molecule has 2 heterocycles. The van der Waals surface area contributed by atoms with Crippen molar-refractivity contribution in [2.24, 2.45) is 11.7 Å². The van der Waals surface area contributed by atoms with Gasteiger partial charge in [-0.3, -0.25) is 14.4 Å². The Morgan fingerprint density at radius 2 is 1.91 bits per heavy atom. The maximum Gasteiger partial charge on any atom is 0.326 e. The summed E-state index contributed by atoms with van der Waals surface area (Å²) in [5.41, 5.74) is 7.19. The van der Waals surface area contributed by atoms with Gasteiger partial charge in [-0.2, -0.15) is 0 Å². The van der Waals surface area contributed by atoms with E-state index in [2.05, 4.69) is 15.6 Å². The van der Waals surface area contributed by atoms with Gasteiger partial charge in [-0.05, 0) is 30.4 Å². The predicted octanol–water partition coefficient (Wildman–Crippen LogP) is -0.269. The Morgan fingerprint density at radius 3 is 2.57 bits per heavy atom. The largest absolute Gasteiger partial charge is 0.480 e. The van der Waals surface area contributed by atoms with Crippen LogP contribution in [0.5, 0.6) is 0 Å². The number of carbonyl (C=O) groups is 4. The topological polar surface area (TPSA) is 178 Å². The highest BCUT2D eigenvalue weighted by molar-refractivity contribution is 5.95. The number of fused-ring (bicyclic) bond motifs is 1. The Balaban J connectivity index is 1.72. The monoisotopic (exact) mass is 487 g/mol. The molecule has 0 spiro atoms. The number of amides is 3. The summed E-state index contributed by atoms with van der Waals surface area (Å²) in [6.45, 7) is 3.25. The van der Waals surface area contributed by atoms with Crippen LogP contribution in [0.3, 0.4) is 0 Å². The van der Waals surface area contributed by atoms with Crippen molar-refractivity contribution < 1.29 is 29.4 Å². The van der Waals surface area contributed by atoms with Gasteiger partial charge in [-0.15, -0.1) is 0 Å². The molecule has 1 aromatic heterocycles. The molecule has 4 atom stereocenters. The number of aliphatic hydroxyl groups is 1. The van der Waals surface area contributed by atoms with E-state index in [4.69, 9.17) is 10.8 Å². The predicted molar refractivity (Wildman–Crippen MR) is 128 cm³/mol. The van der Waals surface area contributed by atoms with Crippen LogP contribution in [0.4, 0.5) is 0 Å². The number of aromatic amines is 1. The summed E-state index contributed by atoms with van der Waals surface area (Å²) in [4.78, 5) is 55.0. The third-order valence-corrected chi connectivity index (χ3v) is 6.32. The first-order chi connectivity index (χ1) is 16.6. The number of benzene rings is 1. The Labute approximate surface area is 203 Å². The number of carbonyl (C=O) groups excluding carboxylic acids is 3. The maximum atomic E-state index is 13.3. The van der Waals surface area contributed by atoms with Crippen LogP contribution < -0.4 is 16.4 Å². The second-order valence-corrected chi connectivity index (χ2v) is 9.17. The average Bonchev–Trinajstić information content (AvgIpc) is 3.48. The number of likely N-dealkylation sites (tertiary alicyclic amines) is 1. The van der Waals surface area contributed by atoms with Gasteiger partial charge < -0.3 is 36.5 Å². The number of aliphatic hydroxyl groups excluding tert-OH is 1. The molecule has 3 amide bonds. The van der Waals surface area contributed by atoms with Crippen molar-refractivity contribution in [2.45, 2.75) is 57.3 Å². The molecule has 190 valence electrons. The average molecular weight is 488 g/mol. The summed E-state index contributed by atoms with van der Waals surface area (Å²) >= 11 is 0. The van der Waals surface area contributed by atoms with Gasteiger partial charge in [0.2, 0.25) is 17.7 Å². The van der Waals surface area contributed by atoms with Crippen LogP contribution in [0.25, 0.3) is 10.9 Å². The highest BCUT2D eigenvalue weighted by Gasteiger charge is 2.40. The number of carboxylic acid groups (broad SMARTS) is 1. The number of H-pyrrole nitrogens is 1. The molecular weight excluding hydrogens is 454 g/mol. The molecule has 1 saturated heterocycles. The van der Waals surface area contributed by atoms with Crippen LogP contribution in [0.2, 0.25) is 0 Å². The number of nitrogens with two attached hydrogens (primary N) is 1. The molecular formula is C24H33N5O6. The third-order valence-electron chi connectivity index (χ3n) is 6.32. The molecule has 4 unspecified atom stereocenters. The number of para-hydroxylation sites is 1. The van der Waals surface area contributed by atoms with Gasteiger partial charge in [-0.25, -0.2) is 4.79 Å². The fraction of sp³-hybridized carbons (Fsp3) is 0.500. The zero-order valence-corrected chi connectivity index (χ0v) is 19.9. The summed E-state index contributed by atoms with van der Waals surface area (Å²) in [5.74, 6) is -3.13. The van der Waals surface area contributed by atoms with E-state index in [1.165, 1.54) is 4.90 Å². The fourth-order valence-electron chi connectivity index (χ4n) is 4.33. The lowest BCUT2D eigenvalue weighted by molar-refractivity contribution is -0.145. The first-order valence-electron chi connectivity index (χ1n) is 11.7. The minimum absolute atomic E-state index is 0.0788. The lowest BCUT2D eigenvalue weighted by Gasteiger charge is -2.31. The molecule has 7 N–H and O–H groups in total. The van der Waals surface area contributed by atoms with Crippen molar-refractivity contribution in [1.82, 2.24) is 20.5 Å². The smallest absolute Gasteiger partial charge is 0.326 e. The van der Waals surface area contributed by atoms with E-state index in [1.807, 2.05) is 24.3 Å². The molecule has 11 nitrogen and oxygen atoms in total. The summed E-state index contributed by atoms with van der Waals surface area (Å²) in [7, 11) is 0. The molecule has 1 aliphatic heterocycles. The number of hydrogen-bond donors (Lipinski definition) is 6. The van der Waals surface area contributed by atoms with Crippen LogP contribution in [0.1, 0.15) is 32.3 Å². The zero-order valence-electron chi connectivity index (χ0n) is 19.9. The molecule has 0 aliphatic carbocycles. The molecule has 0 radical (unpaired) electrons. The van der Waals surface area contributed by atoms with E-state index < -0.39 is 54.5 Å². The minimum Gasteiger partial charge on any atom is -0.480 e. The third kappa shape index (κ3) is 5.98. The highest BCUT2D eigenvalue weighted by atomic mass is 16.4. The van der Waals surface area contributed by atoms with Crippen LogP contribution >= 0.6 is 0 Å². The van der Waals surface area contributed by atoms with E-state index in [0.29, 0.717) is 19.4 Å². The Bertz CT molecular complexity index is 1080. The first-order valence-corrected chi connectivity index (χ1v) is 11.7. The van der Waals surface area contributed by atoms with E-state index in [1.54, 1.807) is 20.0 Å². The van der Waals surface area contributed by atoms with E-state index in [-0.39, 0.29) is 12.3 Å². The number of aromatic nitrogens is 1. The quantitative estimate of drug-likeness (QED) is 0.267. The van der Waals surface area contributed by atoms with Crippen molar-refractivity contribution in [3.8, 4) is 0 Å².